The van der Waals surface area contributed by atoms with E-state index in [0.717, 1.165) is 27.9 Å². The van der Waals surface area contributed by atoms with Crippen molar-refractivity contribution in [2.75, 3.05) is 5.32 Å². The topological polar surface area (TPSA) is 56.8 Å². The highest BCUT2D eigenvalue weighted by Gasteiger charge is 2.14. The fraction of sp³-hybridized carbons (Fsp3) is 0.136. The Bertz CT molecular complexity index is 965. The number of aryl methyl sites for hydroxylation is 2. The number of rotatable bonds is 4. The number of hydrogen-bond acceptors (Lipinski definition) is 2. The molecule has 0 atom stereocenters. The number of carbonyl (C=O) groups is 1. The van der Waals surface area contributed by atoms with Crippen LogP contribution in [0.4, 0.5) is 5.69 Å². The summed E-state index contributed by atoms with van der Waals surface area (Å²) in [6.07, 6.45) is 3.85. The van der Waals surface area contributed by atoms with Gasteiger partial charge in [0.15, 0.2) is 12.4 Å². The zero-order valence-electron chi connectivity index (χ0n) is 14.9. The van der Waals surface area contributed by atoms with E-state index in [-0.39, 0.29) is 12.5 Å². The first kappa shape index (κ1) is 17.4. The number of aromatic nitrogens is 1. The molecule has 4 nitrogen and oxygen atoms in total. The summed E-state index contributed by atoms with van der Waals surface area (Å²) in [6.45, 7) is 4.01. The summed E-state index contributed by atoms with van der Waals surface area (Å²) < 4.78 is 1.87. The van der Waals surface area contributed by atoms with Crippen molar-refractivity contribution in [2.24, 2.45) is 0 Å². The highest BCUT2D eigenvalue weighted by Crippen LogP contribution is 2.22. The van der Waals surface area contributed by atoms with Crippen LogP contribution < -0.4 is 9.88 Å². The molecule has 1 N–H and O–H groups in total. The first-order valence-corrected chi connectivity index (χ1v) is 8.42. The van der Waals surface area contributed by atoms with Crippen LogP contribution in [0.2, 0.25) is 0 Å². The Kier molecular flexibility index (Phi) is 5.09. The number of nitriles is 1. The van der Waals surface area contributed by atoms with E-state index in [1.165, 1.54) is 0 Å². The predicted molar refractivity (Wildman–Crippen MR) is 101 cm³/mol. The summed E-state index contributed by atoms with van der Waals surface area (Å²) >= 11 is 0. The lowest BCUT2D eigenvalue weighted by atomic mass is 10.0. The van der Waals surface area contributed by atoms with E-state index in [0.29, 0.717) is 5.56 Å². The first-order chi connectivity index (χ1) is 12.6. The number of nitrogens with one attached hydrogen (secondary N) is 1. The van der Waals surface area contributed by atoms with Gasteiger partial charge in [0.05, 0.1) is 11.6 Å². The van der Waals surface area contributed by atoms with Gasteiger partial charge in [-0.3, -0.25) is 4.79 Å². The van der Waals surface area contributed by atoms with E-state index in [4.69, 9.17) is 5.26 Å². The molecule has 0 aliphatic carbocycles. The lowest BCUT2D eigenvalue weighted by molar-refractivity contribution is -0.683. The fourth-order valence-electron chi connectivity index (χ4n) is 2.99. The average Bonchev–Trinajstić information content (AvgIpc) is 2.65. The van der Waals surface area contributed by atoms with Crippen LogP contribution in [0.25, 0.3) is 11.1 Å². The number of pyridine rings is 1. The number of nitrogens with zero attached hydrogens (tertiary/aromatic N) is 2. The SMILES string of the molecule is Cc1cc(C#N)cc(C)c1NC(=O)C[n+]1cccc(-c2ccccc2)c1. The molecule has 0 saturated heterocycles. The molecule has 26 heavy (non-hydrogen) atoms. The molecule has 1 heterocycles. The second-order valence-electron chi connectivity index (χ2n) is 6.28. The quantitative estimate of drug-likeness (QED) is 0.734. The molecule has 4 heteroatoms. The minimum atomic E-state index is -0.101. The second kappa shape index (κ2) is 7.62. The maximum atomic E-state index is 12.5. The normalized spacial score (nSPS) is 10.2. The Morgan fingerprint density at radius 3 is 2.35 bits per heavy atom. The lowest BCUT2D eigenvalue weighted by Gasteiger charge is -2.11. The van der Waals surface area contributed by atoms with Gasteiger partial charge in [0.2, 0.25) is 6.54 Å². The molecule has 0 bridgehead atoms. The van der Waals surface area contributed by atoms with Crippen molar-refractivity contribution in [3.05, 3.63) is 83.7 Å². The van der Waals surface area contributed by atoms with Crippen molar-refractivity contribution >= 4 is 11.6 Å². The number of anilines is 1. The Morgan fingerprint density at radius 1 is 1.04 bits per heavy atom. The van der Waals surface area contributed by atoms with Crippen LogP contribution in [0.3, 0.4) is 0 Å². The minimum absolute atomic E-state index is 0.101. The van der Waals surface area contributed by atoms with E-state index in [1.54, 1.807) is 12.1 Å². The second-order valence-corrected chi connectivity index (χ2v) is 6.28. The molecule has 1 aromatic heterocycles. The van der Waals surface area contributed by atoms with Crippen LogP contribution in [0, 0.1) is 25.2 Å². The van der Waals surface area contributed by atoms with Gasteiger partial charge in [0.25, 0.3) is 5.91 Å². The zero-order valence-corrected chi connectivity index (χ0v) is 14.9. The molecule has 0 aliphatic rings. The largest absolute Gasteiger partial charge is 0.320 e. The first-order valence-electron chi connectivity index (χ1n) is 8.42. The average molecular weight is 342 g/mol. The maximum Gasteiger partial charge on any atom is 0.290 e. The van der Waals surface area contributed by atoms with Crippen LogP contribution >= 0.6 is 0 Å². The van der Waals surface area contributed by atoms with Gasteiger partial charge in [-0.2, -0.15) is 9.83 Å². The summed E-state index contributed by atoms with van der Waals surface area (Å²) in [5.41, 5.74) is 5.32. The van der Waals surface area contributed by atoms with Crippen LogP contribution in [0.15, 0.2) is 67.0 Å². The van der Waals surface area contributed by atoms with Crippen LogP contribution in [-0.2, 0) is 11.3 Å². The summed E-state index contributed by atoms with van der Waals surface area (Å²) in [5, 5.41) is 12.0. The number of carbonyl (C=O) groups excluding carboxylic acids is 1. The van der Waals surface area contributed by atoms with E-state index in [1.807, 2.05) is 73.3 Å². The van der Waals surface area contributed by atoms with Crippen LogP contribution in [0.1, 0.15) is 16.7 Å². The molecule has 3 aromatic rings. The molecular weight excluding hydrogens is 322 g/mol. The molecule has 0 spiro atoms. The van der Waals surface area contributed by atoms with E-state index in [9.17, 15) is 4.79 Å². The number of amides is 1. The predicted octanol–water partition coefficient (Wildman–Crippen LogP) is 3.77. The van der Waals surface area contributed by atoms with E-state index >= 15 is 0 Å². The monoisotopic (exact) mass is 342 g/mol. The van der Waals surface area contributed by atoms with Gasteiger partial charge in [-0.1, -0.05) is 30.3 Å². The third-order valence-electron chi connectivity index (χ3n) is 4.22. The van der Waals surface area contributed by atoms with Gasteiger partial charge in [-0.05, 0) is 48.7 Å². The molecule has 2 aromatic carbocycles. The number of benzene rings is 2. The molecule has 0 aliphatic heterocycles. The van der Waals surface area contributed by atoms with Crippen molar-refractivity contribution < 1.29 is 9.36 Å². The van der Waals surface area contributed by atoms with Gasteiger partial charge in [0.1, 0.15) is 0 Å². The highest BCUT2D eigenvalue weighted by molar-refractivity contribution is 5.91. The van der Waals surface area contributed by atoms with E-state index < -0.39 is 0 Å². The molecular formula is C22H20N3O+. The third kappa shape index (κ3) is 3.96. The number of hydrogen-bond donors (Lipinski definition) is 1. The lowest BCUT2D eigenvalue weighted by Crippen LogP contribution is -2.39. The summed E-state index contributed by atoms with van der Waals surface area (Å²) in [4.78, 5) is 12.5. The Hall–Kier alpha value is -3.45. The molecule has 0 unspecified atom stereocenters. The van der Waals surface area contributed by atoms with Gasteiger partial charge < -0.3 is 5.32 Å². The van der Waals surface area contributed by atoms with Crippen molar-refractivity contribution in [2.45, 2.75) is 20.4 Å². The van der Waals surface area contributed by atoms with Gasteiger partial charge in [-0.15, -0.1) is 0 Å². The standard InChI is InChI=1S/C22H19N3O/c1-16-11-18(13-23)12-17(2)22(16)24-21(26)15-25-10-6-9-20(14-25)19-7-4-3-5-8-19/h3-12,14H,15H2,1-2H3/p+1. The Balaban J connectivity index is 1.76. The van der Waals surface area contributed by atoms with Crippen molar-refractivity contribution in [3.63, 3.8) is 0 Å². The third-order valence-corrected chi connectivity index (χ3v) is 4.22. The van der Waals surface area contributed by atoms with Crippen LogP contribution in [-0.4, -0.2) is 5.91 Å². The maximum absolute atomic E-state index is 12.5. The van der Waals surface area contributed by atoms with E-state index in [2.05, 4.69) is 11.4 Å². The summed E-state index contributed by atoms with van der Waals surface area (Å²) in [6, 6.07) is 19.7. The Labute approximate surface area is 153 Å². The molecule has 128 valence electrons. The van der Waals surface area contributed by atoms with Crippen LogP contribution in [0.5, 0.6) is 0 Å². The van der Waals surface area contributed by atoms with Crippen molar-refractivity contribution in [1.29, 1.82) is 5.26 Å². The molecule has 0 saturated carbocycles. The fourth-order valence-corrected chi connectivity index (χ4v) is 2.99. The minimum Gasteiger partial charge on any atom is -0.320 e. The highest BCUT2D eigenvalue weighted by atomic mass is 16.1. The zero-order chi connectivity index (χ0) is 18.5. The molecule has 0 radical (unpaired) electrons. The molecule has 0 fully saturated rings. The smallest absolute Gasteiger partial charge is 0.290 e. The van der Waals surface area contributed by atoms with Gasteiger partial charge in [0, 0.05) is 17.3 Å². The van der Waals surface area contributed by atoms with Crippen molar-refractivity contribution in [1.82, 2.24) is 0 Å². The Morgan fingerprint density at radius 2 is 1.69 bits per heavy atom. The van der Waals surface area contributed by atoms with Crippen molar-refractivity contribution in [3.8, 4) is 17.2 Å². The summed E-state index contributed by atoms with van der Waals surface area (Å²) in [5.74, 6) is -0.101. The molecule has 3 rings (SSSR count). The van der Waals surface area contributed by atoms with Gasteiger partial charge >= 0.3 is 0 Å². The molecule has 1 amide bonds. The van der Waals surface area contributed by atoms with Gasteiger partial charge in [-0.25, -0.2) is 0 Å². The summed E-state index contributed by atoms with van der Waals surface area (Å²) in [7, 11) is 0.